The van der Waals surface area contributed by atoms with Crippen LogP contribution < -0.4 is 14.9 Å². The normalized spacial score (nSPS) is 11.7. The van der Waals surface area contributed by atoms with E-state index in [0.717, 1.165) is 26.6 Å². The lowest BCUT2D eigenvalue weighted by Crippen LogP contribution is -2.18. The van der Waals surface area contributed by atoms with Gasteiger partial charge in [-0.2, -0.15) is 5.10 Å². The lowest BCUT2D eigenvalue weighted by Gasteiger charge is -2.20. The number of nitrogens with one attached hydrogen (secondary N) is 1. The van der Waals surface area contributed by atoms with Crippen LogP contribution in [-0.4, -0.2) is 25.8 Å². The number of ether oxygens (including phenoxy) is 2. The molecule has 0 aliphatic heterocycles. The monoisotopic (exact) mass is 496 g/mol. The summed E-state index contributed by atoms with van der Waals surface area (Å²) in [6.45, 7) is 6.97. The Bertz CT molecular complexity index is 1120. The van der Waals surface area contributed by atoms with Gasteiger partial charge in [0.15, 0.2) is 0 Å². The van der Waals surface area contributed by atoms with E-state index < -0.39 is 0 Å². The van der Waals surface area contributed by atoms with Crippen LogP contribution in [0.5, 0.6) is 11.5 Å². The van der Waals surface area contributed by atoms with E-state index in [1.807, 2.05) is 42.5 Å². The second-order valence-electron chi connectivity index (χ2n) is 8.54. The molecule has 0 heterocycles. The van der Waals surface area contributed by atoms with Crippen molar-refractivity contribution in [1.29, 1.82) is 0 Å². The fourth-order valence-corrected chi connectivity index (χ4v) is 3.80. The van der Waals surface area contributed by atoms with E-state index in [4.69, 9.17) is 9.47 Å². The number of fused-ring (bicyclic) bond motifs is 1. The zero-order chi connectivity index (χ0) is 23.1. The maximum absolute atomic E-state index is 12.2. The molecule has 32 heavy (non-hydrogen) atoms. The Morgan fingerprint density at radius 2 is 1.84 bits per heavy atom. The maximum atomic E-state index is 12.2. The first-order valence-electron chi connectivity index (χ1n) is 10.6. The number of hydrogen-bond acceptors (Lipinski definition) is 4. The van der Waals surface area contributed by atoms with Crippen molar-refractivity contribution in [2.75, 3.05) is 13.7 Å². The van der Waals surface area contributed by atoms with Crippen LogP contribution in [0.1, 0.15) is 44.7 Å². The standard InChI is InChI=1S/C26H29BrN2O3/c1-26(2,3)19-12-14-24(22(27)16-19)32-15-7-10-25(30)29-28-17-21-20-9-6-5-8-18(20)11-13-23(21)31-4/h5-6,8-9,11-14,16-17H,7,10,15H2,1-4H3,(H,29,30)/b28-17+. The van der Waals surface area contributed by atoms with Crippen LogP contribution in [0.25, 0.3) is 10.8 Å². The van der Waals surface area contributed by atoms with Gasteiger partial charge in [-0.15, -0.1) is 0 Å². The molecule has 0 saturated carbocycles. The molecule has 0 aliphatic carbocycles. The van der Waals surface area contributed by atoms with Gasteiger partial charge >= 0.3 is 0 Å². The predicted octanol–water partition coefficient (Wildman–Crippen LogP) is 6.22. The average Bonchev–Trinajstić information content (AvgIpc) is 2.77. The summed E-state index contributed by atoms with van der Waals surface area (Å²) in [6, 6.07) is 18.0. The summed E-state index contributed by atoms with van der Waals surface area (Å²) in [5, 5.41) is 6.23. The van der Waals surface area contributed by atoms with E-state index in [2.05, 4.69) is 59.4 Å². The Hall–Kier alpha value is -2.86. The number of carbonyl (C=O) groups is 1. The Morgan fingerprint density at radius 1 is 1.09 bits per heavy atom. The summed E-state index contributed by atoms with van der Waals surface area (Å²) in [5.41, 5.74) is 4.73. The summed E-state index contributed by atoms with van der Waals surface area (Å²) in [5.74, 6) is 1.32. The zero-order valence-electron chi connectivity index (χ0n) is 18.9. The quantitative estimate of drug-likeness (QED) is 0.229. The molecule has 0 saturated heterocycles. The van der Waals surface area contributed by atoms with Gasteiger partial charge in [0.25, 0.3) is 0 Å². The molecule has 0 fully saturated rings. The minimum atomic E-state index is -0.161. The number of hydrogen-bond donors (Lipinski definition) is 1. The molecule has 0 spiro atoms. The zero-order valence-corrected chi connectivity index (χ0v) is 20.5. The van der Waals surface area contributed by atoms with Crippen LogP contribution in [0.15, 0.2) is 64.2 Å². The molecule has 3 aromatic carbocycles. The predicted molar refractivity (Wildman–Crippen MR) is 134 cm³/mol. The van der Waals surface area contributed by atoms with Crippen molar-refractivity contribution in [1.82, 2.24) is 5.43 Å². The molecule has 0 aromatic heterocycles. The molecule has 0 bridgehead atoms. The molecule has 0 aliphatic rings. The van der Waals surface area contributed by atoms with Crippen molar-refractivity contribution < 1.29 is 14.3 Å². The molecule has 0 atom stereocenters. The van der Waals surface area contributed by atoms with Gasteiger partial charge in [-0.25, -0.2) is 5.43 Å². The summed E-state index contributed by atoms with van der Waals surface area (Å²) < 4.78 is 12.2. The number of carbonyl (C=O) groups excluding carboxylic acids is 1. The molecule has 3 rings (SSSR count). The third-order valence-electron chi connectivity index (χ3n) is 5.14. The molecular weight excluding hydrogens is 468 g/mol. The molecule has 6 heteroatoms. The molecule has 0 radical (unpaired) electrons. The fourth-order valence-electron chi connectivity index (χ4n) is 3.31. The second kappa shape index (κ2) is 10.6. The summed E-state index contributed by atoms with van der Waals surface area (Å²) in [4.78, 5) is 12.2. The minimum Gasteiger partial charge on any atom is -0.496 e. The van der Waals surface area contributed by atoms with Crippen molar-refractivity contribution in [3.8, 4) is 11.5 Å². The molecule has 1 N–H and O–H groups in total. The Kier molecular flexibility index (Phi) is 7.91. The lowest BCUT2D eigenvalue weighted by molar-refractivity contribution is -0.121. The highest BCUT2D eigenvalue weighted by Gasteiger charge is 2.15. The number of halogens is 1. The molecule has 1 amide bonds. The highest BCUT2D eigenvalue weighted by molar-refractivity contribution is 9.10. The van der Waals surface area contributed by atoms with Gasteiger partial charge in [0.2, 0.25) is 5.91 Å². The fraction of sp³-hybridized carbons (Fsp3) is 0.308. The Morgan fingerprint density at radius 3 is 2.56 bits per heavy atom. The van der Waals surface area contributed by atoms with E-state index in [-0.39, 0.29) is 11.3 Å². The van der Waals surface area contributed by atoms with E-state index in [0.29, 0.717) is 25.2 Å². The van der Waals surface area contributed by atoms with E-state index in [1.54, 1.807) is 13.3 Å². The number of rotatable bonds is 8. The topological polar surface area (TPSA) is 59.9 Å². The molecular formula is C26H29BrN2O3. The van der Waals surface area contributed by atoms with Crippen molar-refractivity contribution in [2.45, 2.75) is 39.0 Å². The molecule has 5 nitrogen and oxygen atoms in total. The maximum Gasteiger partial charge on any atom is 0.240 e. The van der Waals surface area contributed by atoms with E-state index in [1.165, 1.54) is 5.56 Å². The smallest absolute Gasteiger partial charge is 0.240 e. The van der Waals surface area contributed by atoms with Gasteiger partial charge in [0, 0.05) is 12.0 Å². The third kappa shape index (κ3) is 6.10. The lowest BCUT2D eigenvalue weighted by atomic mass is 9.87. The van der Waals surface area contributed by atoms with E-state index >= 15 is 0 Å². The first kappa shape index (κ1) is 23.8. The van der Waals surface area contributed by atoms with Gasteiger partial charge in [-0.3, -0.25) is 4.79 Å². The average molecular weight is 497 g/mol. The van der Waals surface area contributed by atoms with Crippen molar-refractivity contribution >= 4 is 38.8 Å². The van der Waals surface area contributed by atoms with Gasteiger partial charge in [-0.1, -0.05) is 57.2 Å². The Balaban J connectivity index is 1.50. The van der Waals surface area contributed by atoms with Crippen LogP contribution in [0.3, 0.4) is 0 Å². The van der Waals surface area contributed by atoms with Crippen LogP contribution in [0.4, 0.5) is 0 Å². The van der Waals surface area contributed by atoms with Gasteiger partial charge in [0.05, 0.1) is 24.4 Å². The van der Waals surface area contributed by atoms with Gasteiger partial charge in [-0.05, 0) is 62.3 Å². The van der Waals surface area contributed by atoms with Crippen LogP contribution >= 0.6 is 15.9 Å². The van der Waals surface area contributed by atoms with Crippen LogP contribution in [0.2, 0.25) is 0 Å². The number of methoxy groups -OCH3 is 1. The van der Waals surface area contributed by atoms with E-state index in [9.17, 15) is 4.79 Å². The SMILES string of the molecule is COc1ccc2ccccc2c1/C=N/NC(=O)CCCOc1ccc(C(C)(C)C)cc1Br. The first-order valence-corrected chi connectivity index (χ1v) is 11.4. The number of amides is 1. The highest BCUT2D eigenvalue weighted by Crippen LogP contribution is 2.31. The third-order valence-corrected chi connectivity index (χ3v) is 5.76. The summed E-state index contributed by atoms with van der Waals surface area (Å²) >= 11 is 3.57. The largest absolute Gasteiger partial charge is 0.496 e. The highest BCUT2D eigenvalue weighted by atomic mass is 79.9. The van der Waals surface area contributed by atoms with Crippen LogP contribution in [-0.2, 0) is 10.2 Å². The second-order valence-corrected chi connectivity index (χ2v) is 9.40. The van der Waals surface area contributed by atoms with Gasteiger partial charge in [0.1, 0.15) is 11.5 Å². The molecule has 168 valence electrons. The van der Waals surface area contributed by atoms with Crippen molar-refractivity contribution in [3.05, 3.63) is 70.2 Å². The van der Waals surface area contributed by atoms with Crippen molar-refractivity contribution in [3.63, 3.8) is 0 Å². The number of hydrazone groups is 1. The number of nitrogens with zero attached hydrogens (tertiary/aromatic N) is 1. The van der Waals surface area contributed by atoms with Gasteiger partial charge < -0.3 is 9.47 Å². The molecule has 0 unspecified atom stereocenters. The summed E-state index contributed by atoms with van der Waals surface area (Å²) in [6.07, 6.45) is 2.54. The number of benzene rings is 3. The van der Waals surface area contributed by atoms with Crippen LogP contribution in [0, 0.1) is 0 Å². The summed E-state index contributed by atoms with van der Waals surface area (Å²) in [7, 11) is 1.62. The molecule has 3 aromatic rings. The Labute approximate surface area is 197 Å². The first-order chi connectivity index (χ1) is 15.3. The minimum absolute atomic E-state index is 0.0791. The van der Waals surface area contributed by atoms with Crippen molar-refractivity contribution in [2.24, 2.45) is 5.10 Å².